The Balaban J connectivity index is 2.78. The molecule has 0 bridgehead atoms. The van der Waals surface area contributed by atoms with Crippen LogP contribution in [0, 0.1) is 0 Å². The predicted octanol–water partition coefficient (Wildman–Crippen LogP) is 1.88. The summed E-state index contributed by atoms with van der Waals surface area (Å²) in [5.74, 6) is 0. The zero-order valence-electron chi connectivity index (χ0n) is 8.62. The lowest BCUT2D eigenvalue weighted by Gasteiger charge is -2.55. The van der Waals surface area contributed by atoms with Crippen LogP contribution in [-0.2, 0) is 0 Å². The zero-order valence-corrected chi connectivity index (χ0v) is 8.62. The first-order valence-corrected chi connectivity index (χ1v) is 4.56. The highest BCUT2D eigenvalue weighted by molar-refractivity contribution is 5.68. The fraction of sp³-hybridized carbons (Fsp3) is 0.700. The van der Waals surface area contributed by atoms with E-state index in [9.17, 15) is 0 Å². The SMILES string of the molecule is C=CC1(C)CCN1C(C)(C)/C=N/O. The monoisotopic (exact) mass is 182 g/mol. The molecule has 1 fully saturated rings. The van der Waals surface area contributed by atoms with Crippen molar-refractivity contribution < 1.29 is 5.21 Å². The van der Waals surface area contributed by atoms with E-state index in [2.05, 4.69) is 23.6 Å². The standard InChI is InChI=1S/C10H18N2O/c1-5-10(4)6-7-12(10)9(2,3)8-11-13/h5,8,13H,1,6-7H2,2-4H3/b11-8+. The van der Waals surface area contributed by atoms with Crippen molar-refractivity contribution in [1.82, 2.24) is 4.90 Å². The molecule has 1 aliphatic heterocycles. The van der Waals surface area contributed by atoms with Crippen molar-refractivity contribution >= 4 is 6.21 Å². The minimum Gasteiger partial charge on any atom is -0.411 e. The van der Waals surface area contributed by atoms with E-state index in [0.29, 0.717) is 0 Å². The second-order valence-corrected chi connectivity index (χ2v) is 4.36. The topological polar surface area (TPSA) is 35.8 Å². The van der Waals surface area contributed by atoms with Crippen LogP contribution in [0.2, 0.25) is 0 Å². The minimum absolute atomic E-state index is 0.0602. The lowest BCUT2D eigenvalue weighted by Crippen LogP contribution is -2.65. The summed E-state index contributed by atoms with van der Waals surface area (Å²) < 4.78 is 0. The molecule has 3 nitrogen and oxygen atoms in total. The third-order valence-electron chi connectivity index (χ3n) is 2.97. The van der Waals surface area contributed by atoms with Crippen LogP contribution in [0.1, 0.15) is 27.2 Å². The maximum absolute atomic E-state index is 8.53. The maximum Gasteiger partial charge on any atom is 0.0633 e. The number of nitrogens with zero attached hydrogens (tertiary/aromatic N) is 2. The Bertz CT molecular complexity index is 235. The number of oxime groups is 1. The normalized spacial score (nSPS) is 30.4. The van der Waals surface area contributed by atoms with Crippen LogP contribution in [0.25, 0.3) is 0 Å². The van der Waals surface area contributed by atoms with Gasteiger partial charge in [0, 0.05) is 12.1 Å². The maximum atomic E-state index is 8.53. The minimum atomic E-state index is -0.198. The molecule has 1 atom stereocenters. The van der Waals surface area contributed by atoms with Gasteiger partial charge in [0.1, 0.15) is 0 Å². The van der Waals surface area contributed by atoms with Crippen molar-refractivity contribution in [3.05, 3.63) is 12.7 Å². The average Bonchev–Trinajstić information content (AvgIpc) is 2.00. The number of hydrogen-bond acceptors (Lipinski definition) is 3. The van der Waals surface area contributed by atoms with Crippen LogP contribution in [0.5, 0.6) is 0 Å². The highest BCUT2D eigenvalue weighted by atomic mass is 16.4. The lowest BCUT2D eigenvalue weighted by molar-refractivity contribution is -0.0139. The molecule has 1 rings (SSSR count). The molecule has 1 unspecified atom stereocenters. The van der Waals surface area contributed by atoms with Crippen molar-refractivity contribution in [2.24, 2.45) is 5.16 Å². The second-order valence-electron chi connectivity index (χ2n) is 4.36. The van der Waals surface area contributed by atoms with Crippen LogP contribution in [0.4, 0.5) is 0 Å². The molecule has 74 valence electrons. The first-order chi connectivity index (χ1) is 5.96. The first kappa shape index (κ1) is 10.3. The van der Waals surface area contributed by atoms with Crippen LogP contribution in [0.3, 0.4) is 0 Å². The largest absolute Gasteiger partial charge is 0.411 e. The van der Waals surface area contributed by atoms with E-state index in [1.54, 1.807) is 6.21 Å². The Morgan fingerprint density at radius 2 is 2.23 bits per heavy atom. The van der Waals surface area contributed by atoms with Crippen LogP contribution in [-0.4, -0.2) is 33.9 Å². The van der Waals surface area contributed by atoms with Crippen molar-refractivity contribution in [2.45, 2.75) is 38.3 Å². The predicted molar refractivity (Wildman–Crippen MR) is 54.3 cm³/mol. The van der Waals surface area contributed by atoms with Crippen molar-refractivity contribution in [2.75, 3.05) is 6.54 Å². The Morgan fingerprint density at radius 1 is 1.62 bits per heavy atom. The highest BCUT2D eigenvalue weighted by Gasteiger charge is 2.45. The van der Waals surface area contributed by atoms with Gasteiger partial charge in [-0.25, -0.2) is 0 Å². The summed E-state index contributed by atoms with van der Waals surface area (Å²) in [6, 6.07) is 0. The van der Waals surface area contributed by atoms with Gasteiger partial charge < -0.3 is 5.21 Å². The third-order valence-corrected chi connectivity index (χ3v) is 2.97. The smallest absolute Gasteiger partial charge is 0.0633 e. The van der Waals surface area contributed by atoms with Gasteiger partial charge in [-0.2, -0.15) is 0 Å². The molecular weight excluding hydrogens is 164 g/mol. The third kappa shape index (κ3) is 1.61. The number of rotatable bonds is 3. The molecule has 0 radical (unpaired) electrons. The lowest BCUT2D eigenvalue weighted by atomic mass is 9.81. The molecule has 0 aliphatic carbocycles. The molecule has 0 amide bonds. The molecule has 0 saturated carbocycles. The van der Waals surface area contributed by atoms with E-state index >= 15 is 0 Å². The number of likely N-dealkylation sites (tertiary alicyclic amines) is 1. The van der Waals surface area contributed by atoms with E-state index < -0.39 is 0 Å². The molecular formula is C10H18N2O. The molecule has 0 aromatic rings. The Labute approximate surface area is 79.7 Å². The molecule has 1 saturated heterocycles. The van der Waals surface area contributed by atoms with E-state index in [-0.39, 0.29) is 11.1 Å². The van der Waals surface area contributed by atoms with Gasteiger partial charge in [0.15, 0.2) is 0 Å². The Kier molecular flexibility index (Phi) is 2.48. The molecule has 0 aromatic heterocycles. The van der Waals surface area contributed by atoms with E-state index in [4.69, 9.17) is 5.21 Å². The van der Waals surface area contributed by atoms with E-state index in [1.165, 1.54) is 0 Å². The summed E-state index contributed by atoms with van der Waals surface area (Å²) in [5.41, 5.74) is -0.138. The van der Waals surface area contributed by atoms with Gasteiger partial charge in [-0.15, -0.1) is 11.7 Å². The van der Waals surface area contributed by atoms with Crippen LogP contribution >= 0.6 is 0 Å². The molecule has 3 heteroatoms. The summed E-state index contributed by atoms with van der Waals surface area (Å²) in [4.78, 5) is 2.27. The van der Waals surface area contributed by atoms with Crippen LogP contribution < -0.4 is 0 Å². The zero-order chi connectivity index (χ0) is 10.1. The highest BCUT2D eigenvalue weighted by Crippen LogP contribution is 2.36. The first-order valence-electron chi connectivity index (χ1n) is 4.56. The van der Waals surface area contributed by atoms with E-state index in [0.717, 1.165) is 13.0 Å². The fourth-order valence-electron chi connectivity index (χ4n) is 1.95. The molecule has 0 spiro atoms. The van der Waals surface area contributed by atoms with Crippen molar-refractivity contribution in [1.29, 1.82) is 0 Å². The van der Waals surface area contributed by atoms with Gasteiger partial charge in [-0.1, -0.05) is 6.08 Å². The second kappa shape index (κ2) is 3.14. The van der Waals surface area contributed by atoms with Gasteiger partial charge in [0.05, 0.1) is 11.8 Å². The van der Waals surface area contributed by atoms with Gasteiger partial charge in [0.25, 0.3) is 0 Å². The molecule has 13 heavy (non-hydrogen) atoms. The summed E-state index contributed by atoms with van der Waals surface area (Å²) in [6.45, 7) is 11.1. The summed E-state index contributed by atoms with van der Waals surface area (Å²) in [6.07, 6.45) is 4.65. The summed E-state index contributed by atoms with van der Waals surface area (Å²) in [5, 5.41) is 11.6. The summed E-state index contributed by atoms with van der Waals surface area (Å²) in [7, 11) is 0. The van der Waals surface area contributed by atoms with Gasteiger partial charge in [-0.05, 0) is 27.2 Å². The number of hydrogen-bond donors (Lipinski definition) is 1. The van der Waals surface area contributed by atoms with Gasteiger partial charge in [0.2, 0.25) is 0 Å². The van der Waals surface area contributed by atoms with Crippen molar-refractivity contribution in [3.63, 3.8) is 0 Å². The Morgan fingerprint density at radius 3 is 2.54 bits per heavy atom. The van der Waals surface area contributed by atoms with Crippen LogP contribution in [0.15, 0.2) is 17.8 Å². The molecule has 1 N–H and O–H groups in total. The van der Waals surface area contributed by atoms with Gasteiger partial charge in [-0.3, -0.25) is 4.90 Å². The van der Waals surface area contributed by atoms with Crippen molar-refractivity contribution in [3.8, 4) is 0 Å². The molecule has 1 aliphatic rings. The quantitative estimate of drug-likeness (QED) is 0.313. The average molecular weight is 182 g/mol. The molecule has 0 aromatic carbocycles. The van der Waals surface area contributed by atoms with E-state index in [1.807, 2.05) is 19.9 Å². The molecule has 1 heterocycles. The summed E-state index contributed by atoms with van der Waals surface area (Å²) >= 11 is 0. The van der Waals surface area contributed by atoms with Gasteiger partial charge >= 0.3 is 0 Å². The fourth-order valence-corrected chi connectivity index (χ4v) is 1.95. The Hall–Kier alpha value is -0.830.